The Morgan fingerprint density at radius 1 is 1.54 bits per heavy atom. The molecule has 1 saturated carbocycles. The summed E-state index contributed by atoms with van der Waals surface area (Å²) in [7, 11) is 0. The van der Waals surface area contributed by atoms with E-state index in [0.29, 0.717) is 5.92 Å². The molecule has 1 aromatic carbocycles. The van der Waals surface area contributed by atoms with Crippen molar-refractivity contribution in [2.24, 2.45) is 5.92 Å². The highest BCUT2D eigenvalue weighted by Gasteiger charge is 2.51. The summed E-state index contributed by atoms with van der Waals surface area (Å²) in [4.78, 5) is 0. The Balaban J connectivity index is 2.47. The van der Waals surface area contributed by atoms with Gasteiger partial charge in [-0.3, -0.25) is 0 Å². The second-order valence-electron chi connectivity index (χ2n) is 3.97. The van der Waals surface area contributed by atoms with Crippen LogP contribution in [0.1, 0.15) is 24.5 Å². The molecule has 2 atom stereocenters. The van der Waals surface area contributed by atoms with Gasteiger partial charge in [0.15, 0.2) is 0 Å². The largest absolute Gasteiger partial charge is 0.385 e. The van der Waals surface area contributed by atoms with Crippen LogP contribution >= 0.6 is 15.9 Å². The standard InChI is InChI=1S/C11H13BrO/c1-7-4-3-5-9(10(7)12)11(13)6-8(11)2/h3-5,8,13H,6H2,1-2H3. The van der Waals surface area contributed by atoms with Gasteiger partial charge in [0, 0.05) is 4.47 Å². The molecule has 0 amide bonds. The average Bonchev–Trinajstić information content (AvgIpc) is 2.67. The van der Waals surface area contributed by atoms with E-state index in [1.54, 1.807) is 0 Å². The second kappa shape index (κ2) is 2.82. The third-order valence-electron chi connectivity index (χ3n) is 2.93. The maximum Gasteiger partial charge on any atom is 0.0937 e. The van der Waals surface area contributed by atoms with Gasteiger partial charge in [0.1, 0.15) is 0 Å². The lowest BCUT2D eigenvalue weighted by Crippen LogP contribution is -2.08. The van der Waals surface area contributed by atoms with Gasteiger partial charge in [-0.15, -0.1) is 0 Å². The second-order valence-corrected chi connectivity index (χ2v) is 4.76. The van der Waals surface area contributed by atoms with Crippen molar-refractivity contribution in [3.8, 4) is 0 Å². The Morgan fingerprint density at radius 3 is 2.69 bits per heavy atom. The van der Waals surface area contributed by atoms with E-state index in [1.165, 1.54) is 5.56 Å². The number of hydrogen-bond acceptors (Lipinski definition) is 1. The monoisotopic (exact) mass is 240 g/mol. The molecule has 1 aliphatic carbocycles. The molecule has 2 unspecified atom stereocenters. The van der Waals surface area contributed by atoms with E-state index in [4.69, 9.17) is 0 Å². The molecule has 2 rings (SSSR count). The molecule has 13 heavy (non-hydrogen) atoms. The molecule has 0 spiro atoms. The Kier molecular flexibility index (Phi) is 2.00. The normalized spacial score (nSPS) is 31.8. The van der Waals surface area contributed by atoms with Crippen molar-refractivity contribution in [1.82, 2.24) is 0 Å². The van der Waals surface area contributed by atoms with Gasteiger partial charge < -0.3 is 5.11 Å². The molecule has 1 nitrogen and oxygen atoms in total. The first-order valence-electron chi connectivity index (χ1n) is 4.53. The zero-order valence-corrected chi connectivity index (χ0v) is 9.43. The fourth-order valence-electron chi connectivity index (χ4n) is 1.77. The van der Waals surface area contributed by atoms with Crippen molar-refractivity contribution in [3.05, 3.63) is 33.8 Å². The quantitative estimate of drug-likeness (QED) is 0.801. The highest BCUT2D eigenvalue weighted by atomic mass is 79.9. The summed E-state index contributed by atoms with van der Waals surface area (Å²) in [6, 6.07) is 6.04. The molecule has 0 aliphatic heterocycles. The first kappa shape index (κ1) is 9.22. The summed E-state index contributed by atoms with van der Waals surface area (Å²) in [5, 5.41) is 10.1. The van der Waals surface area contributed by atoms with Gasteiger partial charge in [0.2, 0.25) is 0 Å². The first-order chi connectivity index (χ1) is 6.05. The number of halogens is 1. The molecule has 0 saturated heterocycles. The minimum absolute atomic E-state index is 0.394. The van der Waals surface area contributed by atoms with E-state index in [2.05, 4.69) is 22.9 Å². The summed E-state index contributed by atoms with van der Waals surface area (Å²) in [6.07, 6.45) is 0.884. The summed E-state index contributed by atoms with van der Waals surface area (Å²) in [5.74, 6) is 0.394. The summed E-state index contributed by atoms with van der Waals surface area (Å²) in [5.41, 5.74) is 1.66. The van der Waals surface area contributed by atoms with Crippen molar-refractivity contribution in [2.45, 2.75) is 25.9 Å². The molecule has 0 radical (unpaired) electrons. The topological polar surface area (TPSA) is 20.2 Å². The minimum atomic E-state index is -0.565. The Labute approximate surface area is 86.9 Å². The molecule has 0 heterocycles. The lowest BCUT2D eigenvalue weighted by atomic mass is 10.0. The van der Waals surface area contributed by atoms with E-state index in [1.807, 2.05) is 25.1 Å². The molecule has 1 aliphatic rings. The zero-order valence-electron chi connectivity index (χ0n) is 7.84. The van der Waals surface area contributed by atoms with Crippen LogP contribution in [0.15, 0.2) is 22.7 Å². The molecular weight excluding hydrogens is 228 g/mol. The maximum absolute atomic E-state index is 10.1. The van der Waals surface area contributed by atoms with E-state index < -0.39 is 5.60 Å². The lowest BCUT2D eigenvalue weighted by Gasteiger charge is -2.13. The highest BCUT2D eigenvalue weighted by molar-refractivity contribution is 9.10. The van der Waals surface area contributed by atoms with E-state index in [-0.39, 0.29) is 0 Å². The lowest BCUT2D eigenvalue weighted by molar-refractivity contribution is 0.134. The fourth-order valence-corrected chi connectivity index (χ4v) is 2.37. The molecule has 0 bridgehead atoms. The van der Waals surface area contributed by atoms with Crippen molar-refractivity contribution in [3.63, 3.8) is 0 Å². The van der Waals surface area contributed by atoms with Crippen molar-refractivity contribution < 1.29 is 5.11 Å². The fraction of sp³-hybridized carbons (Fsp3) is 0.455. The molecule has 1 fully saturated rings. The highest BCUT2D eigenvalue weighted by Crippen LogP contribution is 2.53. The van der Waals surface area contributed by atoms with Crippen LogP contribution in [0.25, 0.3) is 0 Å². The van der Waals surface area contributed by atoms with Crippen LogP contribution in [0.5, 0.6) is 0 Å². The van der Waals surface area contributed by atoms with Crippen LogP contribution in [0, 0.1) is 12.8 Å². The van der Waals surface area contributed by atoms with E-state index >= 15 is 0 Å². The number of aliphatic hydroxyl groups is 1. The van der Waals surface area contributed by atoms with Gasteiger partial charge in [-0.25, -0.2) is 0 Å². The molecule has 70 valence electrons. The van der Waals surface area contributed by atoms with Crippen molar-refractivity contribution in [1.29, 1.82) is 0 Å². The molecule has 0 aromatic heterocycles. The maximum atomic E-state index is 10.1. The molecule has 2 heteroatoms. The van der Waals surface area contributed by atoms with Crippen LogP contribution in [-0.4, -0.2) is 5.11 Å². The van der Waals surface area contributed by atoms with Gasteiger partial charge in [0.25, 0.3) is 0 Å². The SMILES string of the molecule is Cc1cccc(C2(O)CC2C)c1Br. The summed E-state index contributed by atoms with van der Waals surface area (Å²) in [6.45, 7) is 4.12. The Morgan fingerprint density at radius 2 is 2.15 bits per heavy atom. The van der Waals surface area contributed by atoms with Gasteiger partial charge in [-0.05, 0) is 30.4 Å². The van der Waals surface area contributed by atoms with Crippen LogP contribution in [0.3, 0.4) is 0 Å². The number of hydrogen-bond donors (Lipinski definition) is 1. The predicted molar refractivity (Wildman–Crippen MR) is 56.6 cm³/mol. The predicted octanol–water partition coefficient (Wildman–Crippen LogP) is 2.98. The van der Waals surface area contributed by atoms with E-state index in [9.17, 15) is 5.11 Å². The first-order valence-corrected chi connectivity index (χ1v) is 5.33. The Hall–Kier alpha value is -0.340. The average molecular weight is 241 g/mol. The number of aryl methyl sites for hydroxylation is 1. The summed E-state index contributed by atoms with van der Waals surface area (Å²) >= 11 is 3.52. The number of benzene rings is 1. The van der Waals surface area contributed by atoms with Crippen LogP contribution < -0.4 is 0 Å². The summed E-state index contributed by atoms with van der Waals surface area (Å²) < 4.78 is 1.06. The smallest absolute Gasteiger partial charge is 0.0937 e. The minimum Gasteiger partial charge on any atom is -0.385 e. The molecular formula is C11H13BrO. The van der Waals surface area contributed by atoms with Gasteiger partial charge in [-0.2, -0.15) is 0 Å². The van der Waals surface area contributed by atoms with Gasteiger partial charge in [0.05, 0.1) is 5.60 Å². The van der Waals surface area contributed by atoms with Gasteiger partial charge in [-0.1, -0.05) is 41.1 Å². The van der Waals surface area contributed by atoms with Crippen molar-refractivity contribution >= 4 is 15.9 Å². The van der Waals surface area contributed by atoms with Crippen LogP contribution in [0.2, 0.25) is 0 Å². The third kappa shape index (κ3) is 1.32. The van der Waals surface area contributed by atoms with Crippen LogP contribution in [-0.2, 0) is 5.60 Å². The number of rotatable bonds is 1. The van der Waals surface area contributed by atoms with Crippen LogP contribution in [0.4, 0.5) is 0 Å². The zero-order chi connectivity index (χ0) is 9.64. The Bertz CT molecular complexity index is 348. The third-order valence-corrected chi connectivity index (χ3v) is 3.98. The molecule has 1 aromatic rings. The van der Waals surface area contributed by atoms with Gasteiger partial charge >= 0.3 is 0 Å². The molecule has 1 N–H and O–H groups in total. The van der Waals surface area contributed by atoms with Crippen molar-refractivity contribution in [2.75, 3.05) is 0 Å². The van der Waals surface area contributed by atoms with E-state index in [0.717, 1.165) is 16.5 Å².